The average Bonchev–Trinajstić information content (AvgIpc) is 1.13. The van der Waals surface area contributed by atoms with Crippen LogP contribution in [-0.4, -0.2) is 306 Å². The molecule has 0 aliphatic carbocycles. The van der Waals surface area contributed by atoms with E-state index in [1.54, 1.807) is 36.4 Å². The summed E-state index contributed by atoms with van der Waals surface area (Å²) in [7, 11) is 8.61. The molecule has 8 aromatic rings. The largest absolute Gasteiger partial charge is 0.573 e. The number of primary amides is 1. The first-order valence-corrected chi connectivity index (χ1v) is 45.9. The van der Waals surface area contributed by atoms with Crippen LogP contribution in [0.5, 0.6) is 63.2 Å². The van der Waals surface area contributed by atoms with Crippen LogP contribution in [0.15, 0.2) is 129 Å². The predicted octanol–water partition coefficient (Wildman–Crippen LogP) is 17.5. The Bertz CT molecular complexity index is 5270. The first kappa shape index (κ1) is 132. The number of fused-ring (bicyclic) bond motifs is 1. The number of nitrogens with two attached hydrogens (primary N) is 2. The first-order chi connectivity index (χ1) is 67.2. The van der Waals surface area contributed by atoms with Crippen LogP contribution in [0.3, 0.4) is 0 Å². The van der Waals surface area contributed by atoms with E-state index in [1.807, 2.05) is 15.9 Å². The van der Waals surface area contributed by atoms with Crippen LogP contribution >= 0.6 is 31.9 Å². The molecule has 0 atom stereocenters. The minimum absolute atomic E-state index is 0. The number of hydrogen-bond donors (Lipinski definition) is 7. The number of aromatic amines is 1. The first-order valence-electron chi connectivity index (χ1n) is 44.3. The molecule has 6 aliphatic heterocycles. The van der Waals surface area contributed by atoms with Crippen molar-refractivity contribution < 1.29 is 167 Å². The minimum Gasteiger partial charge on any atom is -0.497 e. The summed E-state index contributed by atoms with van der Waals surface area (Å²) in [6, 6.07) is 29.4. The van der Waals surface area contributed by atoms with Crippen molar-refractivity contribution >= 4 is 77.9 Å². The number of nitrogen functional groups attached to an aromatic ring is 1. The zero-order chi connectivity index (χ0) is 106. The summed E-state index contributed by atoms with van der Waals surface area (Å²) in [4.78, 5) is 55.1. The van der Waals surface area contributed by atoms with E-state index in [-0.39, 0.29) is 115 Å². The fourth-order valence-corrected chi connectivity index (χ4v) is 15.5. The van der Waals surface area contributed by atoms with Crippen molar-refractivity contribution in [3.63, 3.8) is 0 Å². The molecule has 1 amide bonds. The zero-order valence-electron chi connectivity index (χ0n) is 81.4. The summed E-state index contributed by atoms with van der Waals surface area (Å²) in [5.41, 5.74) is 14.2. The number of carboxylic acid groups (broad SMARTS) is 1. The highest BCUT2D eigenvalue weighted by molar-refractivity contribution is 9.10. The fraction of sp³-hybridized carbons (Fsp3) is 0.521. The van der Waals surface area contributed by atoms with Gasteiger partial charge in [-0.05, 0) is 110 Å². The molecule has 0 spiro atoms. The highest BCUT2D eigenvalue weighted by Crippen LogP contribution is 2.41. The second-order valence-electron chi connectivity index (χ2n) is 32.4. The maximum atomic E-state index is 13.1. The number of aromatic nitrogens is 2. The number of aliphatic hydroxyl groups is 2. The van der Waals surface area contributed by atoms with Gasteiger partial charge >= 0.3 is 31.8 Å². The summed E-state index contributed by atoms with van der Waals surface area (Å²) >= 11 is 6.14. The number of nitrogens with one attached hydrogen (secondary N) is 2. The Morgan fingerprint density at radius 3 is 1.08 bits per heavy atom. The third-order valence-corrected chi connectivity index (χ3v) is 22.2. The number of anilines is 4. The van der Waals surface area contributed by atoms with E-state index in [0.29, 0.717) is 124 Å². The molecule has 6 fully saturated rings. The normalized spacial score (nSPS) is 15.3. The molecule has 1 aromatic heterocycles. The van der Waals surface area contributed by atoms with Crippen molar-refractivity contribution in [3.05, 3.63) is 151 Å². The number of ether oxygens (including phenoxy) is 15. The van der Waals surface area contributed by atoms with E-state index < -0.39 is 55.9 Å². The third-order valence-electron chi connectivity index (χ3n) is 21.3. The molecule has 0 saturated carbocycles. The van der Waals surface area contributed by atoms with Gasteiger partial charge in [0.05, 0.1) is 93.5 Å². The Labute approximate surface area is 861 Å². The molecule has 830 valence electrons. The smallest absolute Gasteiger partial charge is 0.497 e. The molecule has 6 saturated heterocycles. The highest BCUT2D eigenvalue weighted by atomic mass is 79.9. The molecule has 6 aliphatic rings. The Kier molecular flexibility index (Phi) is 56.7. The standard InChI is InChI=1S/C24H27F3N4O4.C17H23F3N2O3.C15H21F3N2O2.C10H8BrF3O3.C9H12N2O3.C8H6BrF3O2.C7H16N2.C2H6O2.CH2O2.3CH4.H2O/c1-14(2)30-5-7-31(8-6-30)16-9-15(10-18(11-16)35-24(25,26)27)22-28-19-12-17(33-3)13-20(34-4)21(19)23(32)29-22;1-12(2)21-3-5-22(6-4-21)14-9-13(16-23-7-8-24-16)10-15(11-14)25-17(18,19)20;1-11(2)19-4-6-20(7-5-19)12-8-13(21-3)10-14(9-12)22-15(16,17)18;11-7-3-6(9-15-1-2-16-9)4-8(5-7)17-10(12,13)14;1-13-5-3-6(10)8(9(11)12)7(4-5)14-2;1-13-6-2-5(9)3-7(4-6)14-8(10,11)12;1-7(2)9-5-3-8-4-6-9;3-1-2-4;2-1-3;;;;/h9-14H,5-8H2,1-4H3,(H,28,29,32);9-12,16H,3-8H2,1-2H3;8-11H,4-7H2,1-3H3;3-5,9H,1-2H2;3-4H,10H2,1-2H3,(H2,11,12);2-4H,1H3;7-8H,3-6H2,1-2H3;3-4H,1-2H2;1H,(H,2,3);3*1H4;1H2. The predicted molar refractivity (Wildman–Crippen MR) is 533 cm³/mol. The number of carbonyl (C=O) groups is 2. The number of rotatable bonds is 23. The van der Waals surface area contributed by atoms with Gasteiger partial charge in [0.25, 0.3) is 17.9 Å². The maximum Gasteiger partial charge on any atom is 0.573 e. The Morgan fingerprint density at radius 1 is 0.429 bits per heavy atom. The molecular weight excluding hydrogens is 2120 g/mol. The summed E-state index contributed by atoms with van der Waals surface area (Å²) in [6.07, 6.45) is -25.0. The van der Waals surface area contributed by atoms with Crippen LogP contribution in [0, 0.1) is 0 Å². The number of carbonyl (C=O) groups excluding carboxylic acids is 1. The van der Waals surface area contributed by atoms with Crippen molar-refractivity contribution in [1.29, 1.82) is 0 Å². The van der Waals surface area contributed by atoms with Crippen LogP contribution in [0.25, 0.3) is 22.3 Å². The molecule has 11 N–H and O–H groups in total. The van der Waals surface area contributed by atoms with Crippen LogP contribution in [0.1, 0.15) is 112 Å². The number of methoxy groups -OCH3 is 6. The number of benzene rings is 7. The van der Waals surface area contributed by atoms with Crippen LogP contribution in [0.4, 0.5) is 88.6 Å². The topological polar surface area (TPSA) is 397 Å². The third kappa shape index (κ3) is 46.4. The van der Waals surface area contributed by atoms with Gasteiger partial charge < -0.3 is 128 Å². The van der Waals surface area contributed by atoms with Gasteiger partial charge in [0.1, 0.15) is 80.0 Å². The maximum absolute atomic E-state index is 13.1. The van der Waals surface area contributed by atoms with Gasteiger partial charge in [-0.2, -0.15) is 0 Å². The Hall–Kier alpha value is -11.0. The molecule has 147 heavy (non-hydrogen) atoms. The van der Waals surface area contributed by atoms with E-state index in [4.69, 9.17) is 79.0 Å². The highest BCUT2D eigenvalue weighted by Gasteiger charge is 2.38. The van der Waals surface area contributed by atoms with Crippen molar-refractivity contribution in [1.82, 2.24) is 34.9 Å². The zero-order valence-corrected chi connectivity index (χ0v) is 84.6. The molecule has 0 unspecified atom stereocenters. The molecule has 0 bridgehead atoms. The molecule has 14 rings (SSSR count). The number of alkyl halides is 15. The van der Waals surface area contributed by atoms with E-state index in [9.17, 15) is 75.4 Å². The van der Waals surface area contributed by atoms with Gasteiger partial charge in [-0.1, -0.05) is 54.1 Å². The Balaban J connectivity index is 0.000000589. The minimum atomic E-state index is -4.86. The summed E-state index contributed by atoms with van der Waals surface area (Å²) in [6.45, 7) is 32.6. The molecule has 7 aromatic carbocycles. The second-order valence-corrected chi connectivity index (χ2v) is 34.2. The van der Waals surface area contributed by atoms with Gasteiger partial charge in [-0.25, -0.2) is 4.98 Å². The van der Waals surface area contributed by atoms with Gasteiger partial charge in [0.2, 0.25) is 0 Å². The molecular formula is C96H135Br2F15N12O22. The van der Waals surface area contributed by atoms with Crippen molar-refractivity contribution in [3.8, 4) is 74.6 Å². The molecule has 34 nitrogen and oxygen atoms in total. The number of hydrogen-bond acceptors (Lipinski definition) is 30. The lowest BCUT2D eigenvalue weighted by molar-refractivity contribution is -0.275. The number of H-pyrrole nitrogens is 1. The Morgan fingerprint density at radius 2 is 0.728 bits per heavy atom. The second kappa shape index (κ2) is 63.1. The van der Waals surface area contributed by atoms with Crippen molar-refractivity contribution in [2.24, 2.45) is 5.73 Å². The van der Waals surface area contributed by atoms with Crippen LogP contribution in [-0.2, 0) is 23.7 Å². The SMILES string of the molecule is C.C.C.CC(C)N1CCN(c2cc(OC(F)(F)F)cc(C3OCCO3)c2)CC1.CC(C)N1CCNCC1.COc1cc(Br)cc(OC(F)(F)F)c1.COc1cc(N)c(C(N)=O)c(OC)c1.COc1cc(OC(F)(F)F)cc(N2CCN(C(C)C)CC2)c1.COc1cc(OC)c2c(=O)[nH]c(-c3cc(OC(F)(F)F)cc(N4CCN(C(C)C)CC4)c3)nc2c1.FC(F)(F)Oc1cc(Br)cc(C2OCCO2)c1.O.O=CO.OCCO. The van der Waals surface area contributed by atoms with Gasteiger partial charge in [-0.15, -0.1) is 65.9 Å². The number of halogens is 17. The number of amides is 1. The lowest BCUT2D eigenvalue weighted by Gasteiger charge is -2.38. The van der Waals surface area contributed by atoms with E-state index >= 15 is 0 Å². The van der Waals surface area contributed by atoms with E-state index in [0.717, 1.165) is 90.6 Å². The monoisotopic (exact) mass is 2250 g/mol. The summed E-state index contributed by atoms with van der Waals surface area (Å²) in [5.74, 6) is 0.147. The average molecular weight is 2250 g/mol. The number of piperazine rings is 4. The summed E-state index contributed by atoms with van der Waals surface area (Å²) < 4.78 is 259. The van der Waals surface area contributed by atoms with Crippen LogP contribution < -0.4 is 89.1 Å². The lowest BCUT2D eigenvalue weighted by Crippen LogP contribution is -2.48. The molecule has 0 radical (unpaired) electrons. The van der Waals surface area contributed by atoms with Crippen molar-refractivity contribution in [2.75, 3.05) is 207 Å². The van der Waals surface area contributed by atoms with Crippen LogP contribution in [0.2, 0.25) is 0 Å². The van der Waals surface area contributed by atoms with Gasteiger partial charge in [0, 0.05) is 232 Å². The number of aliphatic hydroxyl groups excluding tert-OH is 2. The number of nitrogens with zero attached hydrogens (tertiary/aromatic N) is 8. The van der Waals surface area contributed by atoms with E-state index in [1.165, 1.54) is 122 Å². The van der Waals surface area contributed by atoms with Crippen molar-refractivity contribution in [2.45, 2.75) is 146 Å². The fourth-order valence-electron chi connectivity index (χ4n) is 14.6. The van der Waals surface area contributed by atoms with E-state index in [2.05, 4.69) is 151 Å². The summed E-state index contributed by atoms with van der Waals surface area (Å²) in [5, 5.41) is 25.7. The molecule has 7 heterocycles. The van der Waals surface area contributed by atoms with Gasteiger partial charge in [0.15, 0.2) is 12.6 Å². The quantitative estimate of drug-likeness (QED) is 0.0178. The van der Waals surface area contributed by atoms with Gasteiger partial charge in [-0.3, -0.25) is 34.0 Å². The lowest BCUT2D eigenvalue weighted by atomic mass is 10.1. The molecule has 51 heteroatoms.